The second-order valence-electron chi connectivity index (χ2n) is 7.67. The van der Waals surface area contributed by atoms with E-state index in [1.165, 1.54) is 35.8 Å². The summed E-state index contributed by atoms with van der Waals surface area (Å²) in [5.41, 5.74) is 0.798. The summed E-state index contributed by atoms with van der Waals surface area (Å²) in [7, 11) is -0.842. The molecule has 0 aliphatic heterocycles. The van der Waals surface area contributed by atoms with Crippen molar-refractivity contribution in [1.82, 2.24) is 0 Å². The van der Waals surface area contributed by atoms with Crippen LogP contribution in [0.4, 0.5) is 0 Å². The van der Waals surface area contributed by atoms with E-state index < -0.39 is 7.75 Å². The van der Waals surface area contributed by atoms with Crippen molar-refractivity contribution in [2.24, 2.45) is 0 Å². The Morgan fingerprint density at radius 1 is 0.842 bits per heavy atom. The first-order valence-electron chi connectivity index (χ1n) is 11.2. The lowest BCUT2D eigenvalue weighted by Gasteiger charge is -2.14. The fraction of sp³-hybridized carbons (Fsp3) is 0.107. The number of Topliss-reactive ketones (excluding diaryl/α,β-unsaturated/α-hetero) is 1. The highest BCUT2D eigenvalue weighted by molar-refractivity contribution is 7.47. The third-order valence-electron chi connectivity index (χ3n) is 5.00. The third kappa shape index (κ3) is 7.60. The van der Waals surface area contributed by atoms with Crippen molar-refractivity contribution >= 4 is 13.5 Å². The summed E-state index contributed by atoms with van der Waals surface area (Å²) in [5, 5.41) is 18.8. The van der Waals surface area contributed by atoms with Crippen LogP contribution in [0, 0.1) is 11.3 Å². The van der Waals surface area contributed by atoms with Crippen LogP contribution < -0.4 is 28.0 Å². The maximum Gasteiger partial charge on any atom is 0.728 e. The molecular weight excluding hydrogens is 507 g/mol. The molecule has 0 bridgehead atoms. The Kier molecular flexibility index (Phi) is 9.47. The molecule has 9 nitrogen and oxygen atoms in total. The highest BCUT2D eigenvalue weighted by Crippen LogP contribution is 2.44. The molecule has 4 rings (SSSR count). The van der Waals surface area contributed by atoms with Gasteiger partial charge in [-0.05, 0) is 67.6 Å². The van der Waals surface area contributed by atoms with Crippen LogP contribution in [-0.2, 0) is 4.57 Å². The van der Waals surface area contributed by atoms with E-state index in [9.17, 15) is 14.5 Å². The number of carbonyl (C=O) groups is 1. The number of hydrogen-bond acceptors (Lipinski definition) is 8. The predicted octanol–water partition coefficient (Wildman–Crippen LogP) is 4.94. The lowest BCUT2D eigenvalue weighted by Crippen LogP contribution is -2.36. The van der Waals surface area contributed by atoms with Gasteiger partial charge in [0.15, 0.2) is 18.2 Å². The fourth-order valence-electron chi connectivity index (χ4n) is 3.04. The van der Waals surface area contributed by atoms with Gasteiger partial charge in [0, 0.05) is 6.07 Å². The second-order valence-corrected chi connectivity index (χ2v) is 9.43. The summed E-state index contributed by atoms with van der Waals surface area (Å²) in [6.07, 6.45) is 2.97. The number of pyridine rings is 1. The van der Waals surface area contributed by atoms with E-state index in [1.807, 2.05) is 6.07 Å². The van der Waals surface area contributed by atoms with Crippen LogP contribution in [-0.4, -0.2) is 20.0 Å². The minimum atomic E-state index is -3.95. The molecule has 0 atom stereocenters. The van der Waals surface area contributed by atoms with Gasteiger partial charge in [-0.3, -0.25) is 4.79 Å². The summed E-state index contributed by atoms with van der Waals surface area (Å²) in [6.45, 7) is 1.43. The normalized spacial score (nSPS) is 10.3. The van der Waals surface area contributed by atoms with Crippen LogP contribution in [0.5, 0.6) is 28.7 Å². The van der Waals surface area contributed by atoms with E-state index in [2.05, 4.69) is 0 Å². The Morgan fingerprint density at radius 2 is 1.37 bits per heavy atom. The molecule has 10 heteroatoms. The topological polar surface area (TPSA) is 122 Å². The molecule has 0 saturated carbocycles. The minimum Gasteiger partial charge on any atom is -0.872 e. The van der Waals surface area contributed by atoms with E-state index >= 15 is 0 Å². The molecule has 194 valence electrons. The smallest absolute Gasteiger partial charge is 0.728 e. The zero-order valence-electron chi connectivity index (χ0n) is 20.9. The summed E-state index contributed by atoms with van der Waals surface area (Å²) in [4.78, 5) is 11.8. The van der Waals surface area contributed by atoms with E-state index in [4.69, 9.17) is 23.8 Å². The zero-order chi connectivity index (χ0) is 27.5. The van der Waals surface area contributed by atoms with Gasteiger partial charge in [-0.1, -0.05) is 22.5 Å². The molecule has 0 N–H and O–H groups in total. The van der Waals surface area contributed by atoms with Gasteiger partial charge in [-0.25, -0.2) is 0 Å². The largest absolute Gasteiger partial charge is 0.872 e. The van der Waals surface area contributed by atoms with E-state index in [1.54, 1.807) is 87.0 Å². The van der Waals surface area contributed by atoms with Gasteiger partial charge >= 0.3 is 7.75 Å². The van der Waals surface area contributed by atoms with E-state index in [0.29, 0.717) is 34.1 Å². The van der Waals surface area contributed by atoms with Gasteiger partial charge in [-0.15, -0.1) is 5.75 Å². The van der Waals surface area contributed by atoms with E-state index in [0.717, 1.165) is 0 Å². The van der Waals surface area contributed by atoms with Crippen LogP contribution in [0.3, 0.4) is 0 Å². The number of hydrogen-bond donors (Lipinski definition) is 0. The molecule has 0 saturated heterocycles. The first kappa shape index (κ1) is 27.8. The number of carbonyl (C=O) groups excluding carboxylic acids is 1. The molecule has 0 unspecified atom stereocenters. The Bertz CT molecular complexity index is 1410. The van der Waals surface area contributed by atoms with Crippen molar-refractivity contribution in [1.29, 1.82) is 5.26 Å². The summed E-state index contributed by atoms with van der Waals surface area (Å²) >= 11 is 0. The zero-order valence-corrected chi connectivity index (χ0v) is 21.8. The molecule has 0 amide bonds. The quantitative estimate of drug-likeness (QED) is 0.231. The van der Waals surface area contributed by atoms with Gasteiger partial charge in [0.25, 0.3) is 0 Å². The van der Waals surface area contributed by atoms with Crippen LogP contribution in [0.15, 0.2) is 97.3 Å². The molecule has 1 aromatic heterocycles. The Balaban J connectivity index is 0.000000375. The number of nitriles is 1. The fourth-order valence-corrected chi connectivity index (χ4v) is 4.55. The number of ether oxygens (including phenoxy) is 2. The molecule has 38 heavy (non-hydrogen) atoms. The van der Waals surface area contributed by atoms with Crippen LogP contribution >= 0.6 is 7.75 Å². The highest BCUT2D eigenvalue weighted by atomic mass is 31.2. The lowest BCUT2D eigenvalue weighted by molar-refractivity contribution is -0.536. The SMILES string of the molecule is COc1ccc(OP(=O)(Oc2ccc(OC)cc2)[n+]2cccc(C(C)=O)c2)cc1.N#Cc1cccc([O-])c1. The van der Waals surface area contributed by atoms with Gasteiger partial charge in [-0.2, -0.15) is 9.83 Å². The van der Waals surface area contributed by atoms with Crippen molar-refractivity contribution in [3.63, 3.8) is 0 Å². The van der Waals surface area contributed by atoms with Crippen LogP contribution in [0.2, 0.25) is 0 Å². The van der Waals surface area contributed by atoms with Gasteiger partial charge in [0.2, 0.25) is 0 Å². The maximum atomic E-state index is 13.8. The molecule has 0 aliphatic carbocycles. The van der Waals surface area contributed by atoms with Crippen LogP contribution in [0.25, 0.3) is 0 Å². The highest BCUT2D eigenvalue weighted by Gasteiger charge is 2.42. The Hall–Kier alpha value is -4.80. The summed E-state index contributed by atoms with van der Waals surface area (Å²) in [6, 6.07) is 24.2. The van der Waals surface area contributed by atoms with Gasteiger partial charge in [0.05, 0.1) is 31.4 Å². The van der Waals surface area contributed by atoms with Crippen molar-refractivity contribution in [2.45, 2.75) is 6.92 Å². The maximum absolute atomic E-state index is 13.8. The number of benzene rings is 3. The van der Waals surface area contributed by atoms with E-state index in [-0.39, 0.29) is 11.5 Å². The Morgan fingerprint density at radius 3 is 1.79 bits per heavy atom. The monoisotopic (exact) mass is 532 g/mol. The number of rotatable bonds is 8. The average Bonchev–Trinajstić information content (AvgIpc) is 2.94. The minimum absolute atomic E-state index is 0.117. The van der Waals surface area contributed by atoms with Crippen molar-refractivity contribution in [3.8, 4) is 34.8 Å². The summed E-state index contributed by atoms with van der Waals surface area (Å²) in [5.74, 6) is 1.63. The lowest BCUT2D eigenvalue weighted by atomic mass is 10.2. The number of aromatic nitrogens is 1. The first-order chi connectivity index (χ1) is 18.3. The molecule has 0 radical (unpaired) electrons. The first-order valence-corrected chi connectivity index (χ1v) is 12.7. The van der Waals surface area contributed by atoms with Crippen molar-refractivity contribution in [3.05, 3.63) is 108 Å². The number of ketones is 1. The molecule has 0 spiro atoms. The van der Waals surface area contributed by atoms with Crippen LogP contribution in [0.1, 0.15) is 22.8 Å². The Labute approximate surface area is 220 Å². The molecule has 0 fully saturated rings. The third-order valence-corrected chi connectivity index (χ3v) is 6.70. The predicted molar refractivity (Wildman–Crippen MR) is 137 cm³/mol. The van der Waals surface area contributed by atoms with Crippen molar-refractivity contribution < 1.29 is 37.3 Å². The molecule has 1 heterocycles. The summed E-state index contributed by atoms with van der Waals surface area (Å²) < 4.78 is 36.9. The molecule has 4 aromatic rings. The number of nitrogens with zero attached hydrogens (tertiary/aromatic N) is 2. The average molecular weight is 532 g/mol. The van der Waals surface area contributed by atoms with Crippen molar-refractivity contribution in [2.75, 3.05) is 14.2 Å². The standard InChI is InChI=1S/C21H21NO6P.C7H5NO/c1-16(23)17-5-4-14-22(15-17)29(24,27-20-10-6-18(25-2)7-11-20)28-21-12-8-19(26-3)9-13-21;8-5-6-2-1-3-7(9)4-6/h4-15H,1-3H3;1-4,9H/q+1;/p-1. The molecular formula is C28H25N2O7P. The number of methoxy groups -OCH3 is 2. The van der Waals surface area contributed by atoms with Gasteiger partial charge in [0.1, 0.15) is 23.0 Å². The molecule has 0 aliphatic rings. The second kappa shape index (κ2) is 12.9. The molecule has 3 aromatic carbocycles. The van der Waals surface area contributed by atoms with Gasteiger partial charge < -0.3 is 23.6 Å².